The van der Waals surface area contributed by atoms with Crippen molar-refractivity contribution in [1.82, 2.24) is 9.88 Å². The Morgan fingerprint density at radius 2 is 1.89 bits per heavy atom. The van der Waals surface area contributed by atoms with E-state index in [0.29, 0.717) is 30.7 Å². The van der Waals surface area contributed by atoms with Crippen molar-refractivity contribution < 1.29 is 27.8 Å². The monoisotopic (exact) mass is 487 g/mol. The molecule has 2 fully saturated rings. The lowest BCUT2D eigenvalue weighted by Crippen LogP contribution is -2.43. The number of amides is 1. The van der Waals surface area contributed by atoms with Gasteiger partial charge in [-0.2, -0.15) is 13.2 Å². The first kappa shape index (κ1) is 23.4. The van der Waals surface area contributed by atoms with Crippen LogP contribution in [-0.4, -0.2) is 59.5 Å². The van der Waals surface area contributed by atoms with E-state index in [4.69, 9.17) is 4.74 Å². The van der Waals surface area contributed by atoms with Crippen molar-refractivity contribution in [2.45, 2.75) is 31.2 Å². The zero-order valence-electron chi connectivity index (χ0n) is 18.7. The Hall–Kier alpha value is -3.37. The number of carbonyl (C=O) groups excluding carboxylic acids is 1. The fourth-order valence-corrected chi connectivity index (χ4v) is 4.84. The number of rotatable bonds is 4. The minimum absolute atomic E-state index is 0.0625. The first-order valence-electron chi connectivity index (χ1n) is 11.4. The number of piperidine rings is 1. The van der Waals surface area contributed by atoms with Gasteiger partial charge in [0, 0.05) is 35.4 Å². The van der Waals surface area contributed by atoms with Gasteiger partial charge in [0.1, 0.15) is 6.10 Å². The number of hydrogen-bond donors (Lipinski definition) is 2. The highest BCUT2D eigenvalue weighted by Gasteiger charge is 2.35. The van der Waals surface area contributed by atoms with Crippen LogP contribution in [0.25, 0.3) is 22.0 Å². The van der Waals surface area contributed by atoms with E-state index >= 15 is 0 Å². The number of anilines is 1. The lowest BCUT2D eigenvalue weighted by Gasteiger charge is -2.31. The molecule has 0 saturated carbocycles. The largest absolute Gasteiger partial charge is 0.443 e. The molecule has 7 nitrogen and oxygen atoms in total. The standard InChI is InChI=1S/C25H24F3N3O4/c26-25(27,28)21-6-2-1-5-19(21)22-10-15-7-8-16(11-20(15)23(33)29-22)31-14-18(35-24(31)34)13-30-9-3-4-17(32)12-30/h1-2,5-8,10-11,17-18,32H,3-4,9,12-14H2,(H,29,33)/t17-,18+/m1/s1. The van der Waals surface area contributed by atoms with E-state index in [1.165, 1.54) is 29.2 Å². The summed E-state index contributed by atoms with van der Waals surface area (Å²) >= 11 is 0. The summed E-state index contributed by atoms with van der Waals surface area (Å²) in [7, 11) is 0. The normalized spacial score (nSPS) is 21.5. The molecular weight excluding hydrogens is 463 g/mol. The highest BCUT2D eigenvalue weighted by atomic mass is 19.4. The SMILES string of the molecule is O=C1O[C@@H](CN2CCC[C@@H](O)C2)CN1c1ccc2cc(-c3ccccc3C(F)(F)F)[nH]c(=O)c2c1. The number of pyridine rings is 1. The Morgan fingerprint density at radius 3 is 2.66 bits per heavy atom. The second-order valence-electron chi connectivity index (χ2n) is 9.00. The number of aromatic nitrogens is 1. The molecular formula is C25H24F3N3O4. The van der Waals surface area contributed by atoms with E-state index in [1.54, 1.807) is 18.2 Å². The smallest absolute Gasteiger partial charge is 0.417 e. The predicted octanol–water partition coefficient (Wildman–Crippen LogP) is 4.00. The molecule has 0 spiro atoms. The van der Waals surface area contributed by atoms with Crippen molar-refractivity contribution in [3.8, 4) is 11.3 Å². The summed E-state index contributed by atoms with van der Waals surface area (Å²) in [4.78, 5) is 31.4. The maximum atomic E-state index is 13.5. The molecule has 3 heterocycles. The van der Waals surface area contributed by atoms with Gasteiger partial charge in [0.25, 0.3) is 5.56 Å². The third-order valence-corrected chi connectivity index (χ3v) is 6.48. The topological polar surface area (TPSA) is 85.9 Å². The molecule has 10 heteroatoms. The van der Waals surface area contributed by atoms with Crippen LogP contribution in [0.4, 0.5) is 23.7 Å². The maximum Gasteiger partial charge on any atom is 0.417 e. The Balaban J connectivity index is 1.41. The number of nitrogens with zero attached hydrogens (tertiary/aromatic N) is 2. The third kappa shape index (κ3) is 4.76. The Labute approximate surface area is 198 Å². The van der Waals surface area contributed by atoms with Gasteiger partial charge in [0.15, 0.2) is 0 Å². The zero-order chi connectivity index (χ0) is 24.7. The number of aromatic amines is 1. The predicted molar refractivity (Wildman–Crippen MR) is 124 cm³/mol. The number of H-pyrrole nitrogens is 1. The van der Waals surface area contributed by atoms with Gasteiger partial charge in [-0.15, -0.1) is 0 Å². The summed E-state index contributed by atoms with van der Waals surface area (Å²) in [6.07, 6.45) is -4.19. The summed E-state index contributed by atoms with van der Waals surface area (Å²) in [6, 6.07) is 11.4. The molecule has 0 radical (unpaired) electrons. The van der Waals surface area contributed by atoms with Gasteiger partial charge in [-0.25, -0.2) is 4.79 Å². The number of carbonyl (C=O) groups is 1. The molecule has 0 unspecified atom stereocenters. The van der Waals surface area contributed by atoms with Gasteiger partial charge in [-0.05, 0) is 49.0 Å². The van der Waals surface area contributed by atoms with Crippen LogP contribution in [0.3, 0.4) is 0 Å². The Kier molecular flexibility index (Phi) is 6.02. The van der Waals surface area contributed by atoms with Gasteiger partial charge >= 0.3 is 12.3 Å². The minimum atomic E-state index is -4.56. The number of cyclic esters (lactones) is 1. The minimum Gasteiger partial charge on any atom is -0.443 e. The number of β-amino-alcohol motifs (C(OH)–C–C–N with tert-alkyl or cyclic N) is 1. The van der Waals surface area contributed by atoms with Gasteiger partial charge < -0.3 is 14.8 Å². The van der Waals surface area contributed by atoms with E-state index in [1.807, 2.05) is 0 Å². The molecule has 35 heavy (non-hydrogen) atoms. The van der Waals surface area contributed by atoms with Crippen LogP contribution in [0, 0.1) is 0 Å². The van der Waals surface area contributed by atoms with Crippen molar-refractivity contribution in [3.05, 3.63) is 64.4 Å². The van der Waals surface area contributed by atoms with Crippen LogP contribution in [0.2, 0.25) is 0 Å². The van der Waals surface area contributed by atoms with E-state index < -0.39 is 23.4 Å². The molecule has 2 N–H and O–H groups in total. The number of nitrogens with one attached hydrogen (secondary N) is 1. The first-order chi connectivity index (χ1) is 16.7. The summed E-state index contributed by atoms with van der Waals surface area (Å²) in [6.45, 7) is 2.18. The molecule has 5 rings (SSSR count). The van der Waals surface area contributed by atoms with Crippen LogP contribution in [0.1, 0.15) is 18.4 Å². The van der Waals surface area contributed by atoms with Crippen LogP contribution < -0.4 is 10.5 Å². The molecule has 2 aliphatic rings. The van der Waals surface area contributed by atoms with Crippen molar-refractivity contribution in [2.24, 2.45) is 0 Å². The van der Waals surface area contributed by atoms with Crippen LogP contribution in [-0.2, 0) is 10.9 Å². The Morgan fingerprint density at radius 1 is 1.09 bits per heavy atom. The van der Waals surface area contributed by atoms with Crippen LogP contribution in [0.5, 0.6) is 0 Å². The molecule has 0 bridgehead atoms. The second-order valence-corrected chi connectivity index (χ2v) is 9.00. The quantitative estimate of drug-likeness (QED) is 0.581. The van der Waals surface area contributed by atoms with Gasteiger partial charge in [0.05, 0.1) is 18.2 Å². The molecule has 2 aromatic carbocycles. The van der Waals surface area contributed by atoms with Gasteiger partial charge in [0.2, 0.25) is 0 Å². The number of benzene rings is 2. The summed E-state index contributed by atoms with van der Waals surface area (Å²) in [5.41, 5.74) is -0.969. The lowest BCUT2D eigenvalue weighted by atomic mass is 10.0. The second kappa shape index (κ2) is 9.01. The van der Waals surface area contributed by atoms with Crippen molar-refractivity contribution in [1.29, 1.82) is 0 Å². The van der Waals surface area contributed by atoms with Gasteiger partial charge in [-0.1, -0.05) is 24.3 Å². The lowest BCUT2D eigenvalue weighted by molar-refractivity contribution is -0.137. The average molecular weight is 487 g/mol. The van der Waals surface area contributed by atoms with E-state index in [-0.39, 0.29) is 28.9 Å². The van der Waals surface area contributed by atoms with Crippen molar-refractivity contribution in [3.63, 3.8) is 0 Å². The number of fused-ring (bicyclic) bond motifs is 1. The summed E-state index contributed by atoms with van der Waals surface area (Å²) in [5.74, 6) is 0. The van der Waals surface area contributed by atoms with E-state index in [0.717, 1.165) is 25.5 Å². The molecule has 2 aliphatic heterocycles. The molecule has 3 aromatic rings. The maximum absolute atomic E-state index is 13.5. The number of likely N-dealkylation sites (tertiary alicyclic amines) is 1. The molecule has 2 atom stereocenters. The number of ether oxygens (including phenoxy) is 1. The average Bonchev–Trinajstić information content (AvgIpc) is 3.18. The molecule has 184 valence electrons. The Bertz CT molecular complexity index is 1320. The molecule has 2 saturated heterocycles. The molecule has 1 aromatic heterocycles. The number of aliphatic hydroxyl groups is 1. The fraction of sp³-hybridized carbons (Fsp3) is 0.360. The first-order valence-corrected chi connectivity index (χ1v) is 11.4. The van der Waals surface area contributed by atoms with E-state index in [2.05, 4.69) is 9.88 Å². The van der Waals surface area contributed by atoms with Crippen molar-refractivity contribution >= 4 is 22.6 Å². The zero-order valence-corrected chi connectivity index (χ0v) is 18.7. The number of halogens is 3. The summed E-state index contributed by atoms with van der Waals surface area (Å²) < 4.78 is 45.9. The van der Waals surface area contributed by atoms with Crippen molar-refractivity contribution in [2.75, 3.05) is 31.1 Å². The fourth-order valence-electron chi connectivity index (χ4n) is 4.84. The summed E-state index contributed by atoms with van der Waals surface area (Å²) in [5, 5.41) is 10.6. The highest BCUT2D eigenvalue weighted by molar-refractivity contribution is 5.94. The molecule has 1 amide bonds. The number of aliphatic hydroxyl groups excluding tert-OH is 1. The number of hydrogen-bond acceptors (Lipinski definition) is 5. The van der Waals surface area contributed by atoms with Crippen LogP contribution >= 0.6 is 0 Å². The van der Waals surface area contributed by atoms with Crippen LogP contribution in [0.15, 0.2) is 53.3 Å². The highest BCUT2D eigenvalue weighted by Crippen LogP contribution is 2.36. The third-order valence-electron chi connectivity index (χ3n) is 6.48. The van der Waals surface area contributed by atoms with Gasteiger partial charge in [-0.3, -0.25) is 14.6 Å². The van der Waals surface area contributed by atoms with E-state index in [9.17, 15) is 27.9 Å². The molecule has 0 aliphatic carbocycles. The number of alkyl halides is 3.